The smallest absolute Gasteiger partial charge is 0.107 e. The second-order valence-corrected chi connectivity index (χ2v) is 5.73. The van der Waals surface area contributed by atoms with Crippen molar-refractivity contribution in [2.75, 3.05) is 26.4 Å². The van der Waals surface area contributed by atoms with Gasteiger partial charge in [0.15, 0.2) is 0 Å². The first-order chi connectivity index (χ1) is 10.9. The van der Waals surface area contributed by atoms with Crippen molar-refractivity contribution in [3.8, 4) is 0 Å². The van der Waals surface area contributed by atoms with Gasteiger partial charge in [-0.1, -0.05) is 42.5 Å². The Morgan fingerprint density at radius 3 is 2.86 bits per heavy atom. The highest BCUT2D eigenvalue weighted by Crippen LogP contribution is 2.30. The normalized spacial score (nSPS) is 28.4. The molecule has 3 rings (SSSR count). The molecular formula is C19H23O3. The van der Waals surface area contributed by atoms with E-state index in [1.165, 1.54) is 5.57 Å². The van der Waals surface area contributed by atoms with Crippen LogP contribution in [0.5, 0.6) is 0 Å². The molecule has 1 saturated heterocycles. The summed E-state index contributed by atoms with van der Waals surface area (Å²) >= 11 is 0. The largest absolute Gasteiger partial charge is 0.381 e. The standard InChI is InChI=1S/C19H23O3/c1-2-20-12-15-7-6-10-17(11-15)19-14-21-13-18(22-19)16-8-4-3-5-9-16/h4-10,15,18-19H,2,11-14H2,1H3. The minimum Gasteiger partial charge on any atom is -0.381 e. The van der Waals surface area contributed by atoms with Crippen molar-refractivity contribution >= 4 is 0 Å². The molecule has 0 aromatic heterocycles. The molecule has 22 heavy (non-hydrogen) atoms. The zero-order valence-electron chi connectivity index (χ0n) is 13.0. The van der Waals surface area contributed by atoms with E-state index in [1.54, 1.807) is 0 Å². The van der Waals surface area contributed by atoms with Gasteiger partial charge in [-0.05, 0) is 30.5 Å². The monoisotopic (exact) mass is 299 g/mol. The van der Waals surface area contributed by atoms with E-state index in [4.69, 9.17) is 14.2 Å². The fourth-order valence-corrected chi connectivity index (χ4v) is 2.94. The zero-order chi connectivity index (χ0) is 15.2. The molecule has 1 aliphatic carbocycles. The lowest BCUT2D eigenvalue weighted by molar-refractivity contribution is -0.127. The lowest BCUT2D eigenvalue weighted by Crippen LogP contribution is -2.34. The molecule has 1 aliphatic heterocycles. The van der Waals surface area contributed by atoms with Crippen LogP contribution in [0.3, 0.4) is 0 Å². The number of hydrogen-bond donors (Lipinski definition) is 0. The van der Waals surface area contributed by atoms with Crippen molar-refractivity contribution in [1.82, 2.24) is 0 Å². The summed E-state index contributed by atoms with van der Waals surface area (Å²) in [6.45, 7) is 4.82. The summed E-state index contributed by atoms with van der Waals surface area (Å²) in [5, 5.41) is 0. The second kappa shape index (κ2) is 7.73. The predicted molar refractivity (Wildman–Crippen MR) is 85.5 cm³/mol. The number of benzene rings is 1. The Morgan fingerprint density at radius 1 is 1.23 bits per heavy atom. The van der Waals surface area contributed by atoms with Gasteiger partial charge < -0.3 is 14.2 Å². The molecule has 3 unspecified atom stereocenters. The fraction of sp³-hybridized carbons (Fsp3) is 0.474. The molecule has 3 nitrogen and oxygen atoms in total. The molecule has 3 atom stereocenters. The molecular weight excluding hydrogens is 276 g/mol. The van der Waals surface area contributed by atoms with Crippen LogP contribution in [0.1, 0.15) is 25.0 Å². The van der Waals surface area contributed by atoms with Crippen LogP contribution in [0, 0.1) is 12.0 Å². The van der Waals surface area contributed by atoms with Crippen molar-refractivity contribution in [2.45, 2.75) is 25.6 Å². The van der Waals surface area contributed by atoms with Gasteiger partial charge in [0.25, 0.3) is 0 Å². The second-order valence-electron chi connectivity index (χ2n) is 5.73. The van der Waals surface area contributed by atoms with E-state index in [2.05, 4.69) is 24.3 Å². The Bertz CT molecular complexity index is 521. The molecule has 0 saturated carbocycles. The molecule has 0 spiro atoms. The Balaban J connectivity index is 1.62. The van der Waals surface area contributed by atoms with Crippen molar-refractivity contribution in [3.63, 3.8) is 0 Å². The Kier molecular flexibility index (Phi) is 5.43. The van der Waals surface area contributed by atoms with Crippen LogP contribution in [-0.4, -0.2) is 32.5 Å². The van der Waals surface area contributed by atoms with Crippen LogP contribution in [-0.2, 0) is 14.2 Å². The maximum atomic E-state index is 6.28. The molecule has 1 fully saturated rings. The molecule has 0 N–H and O–H groups in total. The maximum absolute atomic E-state index is 6.28. The highest BCUT2D eigenvalue weighted by Gasteiger charge is 2.28. The number of allylic oxidation sites excluding steroid dienone is 2. The van der Waals surface area contributed by atoms with E-state index in [1.807, 2.05) is 31.2 Å². The molecule has 0 bridgehead atoms. The van der Waals surface area contributed by atoms with Crippen LogP contribution >= 0.6 is 0 Å². The highest BCUT2D eigenvalue weighted by atomic mass is 16.6. The average molecular weight is 299 g/mol. The molecule has 0 amide bonds. The lowest BCUT2D eigenvalue weighted by Gasteiger charge is -2.33. The average Bonchev–Trinajstić information content (AvgIpc) is 2.61. The molecule has 117 valence electrons. The SMILES string of the molecule is CCOCC1C=CC=C(C2COCC(c3cc[c]cc3)O2)C1. The minimum atomic E-state index is 0.00509. The van der Waals surface area contributed by atoms with Crippen molar-refractivity contribution in [2.24, 2.45) is 5.92 Å². The summed E-state index contributed by atoms with van der Waals surface area (Å²) in [5.41, 5.74) is 2.46. The van der Waals surface area contributed by atoms with Gasteiger partial charge in [-0.15, -0.1) is 0 Å². The van der Waals surface area contributed by atoms with Gasteiger partial charge in [-0.2, -0.15) is 0 Å². The first-order valence-corrected chi connectivity index (χ1v) is 8.01. The quantitative estimate of drug-likeness (QED) is 0.833. The predicted octanol–water partition coefficient (Wildman–Crippen LogP) is 3.48. The van der Waals surface area contributed by atoms with Crippen LogP contribution < -0.4 is 0 Å². The first-order valence-electron chi connectivity index (χ1n) is 8.01. The van der Waals surface area contributed by atoms with Crippen molar-refractivity contribution in [1.29, 1.82) is 0 Å². The summed E-state index contributed by atoms with van der Waals surface area (Å²) < 4.78 is 17.6. The molecule has 2 aliphatic rings. The summed E-state index contributed by atoms with van der Waals surface area (Å²) in [6.07, 6.45) is 7.53. The minimum absolute atomic E-state index is 0.00509. The molecule has 1 heterocycles. The molecule has 1 radical (unpaired) electrons. The van der Waals surface area contributed by atoms with Crippen molar-refractivity contribution in [3.05, 3.63) is 59.7 Å². The lowest BCUT2D eigenvalue weighted by atomic mass is 9.91. The Hall–Kier alpha value is -1.42. The van der Waals surface area contributed by atoms with Gasteiger partial charge >= 0.3 is 0 Å². The summed E-state index contributed by atoms with van der Waals surface area (Å²) in [6, 6.07) is 11.0. The molecule has 1 aromatic carbocycles. The number of hydrogen-bond acceptors (Lipinski definition) is 3. The topological polar surface area (TPSA) is 27.7 Å². The van der Waals surface area contributed by atoms with Crippen LogP contribution in [0.15, 0.2) is 48.1 Å². The van der Waals surface area contributed by atoms with E-state index in [0.29, 0.717) is 19.1 Å². The Labute approximate surface area is 132 Å². The van der Waals surface area contributed by atoms with Gasteiger partial charge in [-0.25, -0.2) is 0 Å². The van der Waals surface area contributed by atoms with Crippen LogP contribution in [0.4, 0.5) is 0 Å². The van der Waals surface area contributed by atoms with Gasteiger partial charge in [0.1, 0.15) is 12.2 Å². The fourth-order valence-electron chi connectivity index (χ4n) is 2.94. The van der Waals surface area contributed by atoms with Crippen LogP contribution in [0.2, 0.25) is 0 Å². The van der Waals surface area contributed by atoms with E-state index < -0.39 is 0 Å². The summed E-state index contributed by atoms with van der Waals surface area (Å²) in [5.74, 6) is 0.440. The third-order valence-electron chi connectivity index (χ3n) is 4.12. The summed E-state index contributed by atoms with van der Waals surface area (Å²) in [7, 11) is 0. The third-order valence-corrected chi connectivity index (χ3v) is 4.12. The number of ether oxygens (including phenoxy) is 3. The third kappa shape index (κ3) is 3.86. The van der Waals surface area contributed by atoms with Crippen molar-refractivity contribution < 1.29 is 14.2 Å². The van der Waals surface area contributed by atoms with E-state index in [0.717, 1.165) is 25.2 Å². The molecule has 1 aromatic rings. The highest BCUT2D eigenvalue weighted by molar-refractivity contribution is 5.24. The first kappa shape index (κ1) is 15.5. The molecule has 3 heteroatoms. The summed E-state index contributed by atoms with van der Waals surface area (Å²) in [4.78, 5) is 0. The van der Waals surface area contributed by atoms with Gasteiger partial charge in [0, 0.05) is 12.5 Å². The zero-order valence-corrected chi connectivity index (χ0v) is 13.0. The number of rotatable bonds is 5. The van der Waals surface area contributed by atoms with E-state index in [9.17, 15) is 0 Å². The van der Waals surface area contributed by atoms with E-state index >= 15 is 0 Å². The van der Waals surface area contributed by atoms with Gasteiger partial charge in [0.05, 0.1) is 19.8 Å². The van der Waals surface area contributed by atoms with Gasteiger partial charge in [0.2, 0.25) is 0 Å². The van der Waals surface area contributed by atoms with Crippen LogP contribution in [0.25, 0.3) is 0 Å². The maximum Gasteiger partial charge on any atom is 0.107 e. The Morgan fingerprint density at radius 2 is 2.05 bits per heavy atom. The van der Waals surface area contributed by atoms with E-state index in [-0.39, 0.29) is 12.2 Å². The van der Waals surface area contributed by atoms with Gasteiger partial charge in [-0.3, -0.25) is 0 Å².